The van der Waals surface area contributed by atoms with Crippen molar-refractivity contribution >= 4 is 11.3 Å². The fraction of sp³-hybridized carbons (Fsp3) is 0.333. The zero-order valence-corrected chi connectivity index (χ0v) is 11.8. The maximum atomic E-state index is 9.16. The number of benzene rings is 1. The van der Waals surface area contributed by atoms with Gasteiger partial charge in [0.15, 0.2) is 0 Å². The first-order valence-electron chi connectivity index (χ1n) is 6.38. The van der Waals surface area contributed by atoms with Crippen LogP contribution in [-0.2, 0) is 6.61 Å². The number of aliphatic hydroxyl groups excluding tert-OH is 1. The highest BCUT2D eigenvalue weighted by molar-refractivity contribution is 7.07. The molecule has 102 valence electrons. The average Bonchev–Trinajstić information content (AvgIpc) is 2.98. The van der Waals surface area contributed by atoms with Crippen molar-refractivity contribution in [2.24, 2.45) is 5.73 Å². The number of rotatable bonds is 6. The van der Waals surface area contributed by atoms with Crippen molar-refractivity contribution in [1.29, 1.82) is 0 Å². The zero-order valence-electron chi connectivity index (χ0n) is 11.0. The predicted octanol–water partition coefficient (Wildman–Crippen LogP) is 3.10. The third kappa shape index (κ3) is 3.56. The van der Waals surface area contributed by atoms with Crippen molar-refractivity contribution in [1.82, 2.24) is 0 Å². The first kappa shape index (κ1) is 14.1. The van der Waals surface area contributed by atoms with E-state index in [-0.39, 0.29) is 18.8 Å². The van der Waals surface area contributed by atoms with Crippen LogP contribution in [0.5, 0.6) is 5.75 Å². The number of ether oxygens (including phenoxy) is 1. The van der Waals surface area contributed by atoms with Crippen LogP contribution in [0.4, 0.5) is 0 Å². The number of thiophene rings is 1. The van der Waals surface area contributed by atoms with E-state index in [1.54, 1.807) is 11.3 Å². The summed E-state index contributed by atoms with van der Waals surface area (Å²) in [6.07, 6.45) is 0.699. The second kappa shape index (κ2) is 6.70. The van der Waals surface area contributed by atoms with E-state index in [9.17, 15) is 0 Å². The molecule has 1 aromatic carbocycles. The van der Waals surface area contributed by atoms with Crippen LogP contribution in [0.25, 0.3) is 0 Å². The monoisotopic (exact) mass is 277 g/mol. The summed E-state index contributed by atoms with van der Waals surface area (Å²) < 4.78 is 6.02. The first-order valence-corrected chi connectivity index (χ1v) is 7.33. The molecule has 0 saturated carbocycles. The van der Waals surface area contributed by atoms with Gasteiger partial charge >= 0.3 is 0 Å². The van der Waals surface area contributed by atoms with E-state index >= 15 is 0 Å². The molecular formula is C15H19NO2S. The summed E-state index contributed by atoms with van der Waals surface area (Å²) in [6.45, 7) is 2.07. The molecule has 2 rings (SSSR count). The van der Waals surface area contributed by atoms with E-state index in [4.69, 9.17) is 15.6 Å². The molecule has 3 N–H and O–H groups in total. The molecular weight excluding hydrogens is 258 g/mol. The minimum atomic E-state index is -0.148. The molecule has 0 aliphatic heterocycles. The van der Waals surface area contributed by atoms with E-state index in [0.29, 0.717) is 0 Å². The van der Waals surface area contributed by atoms with Gasteiger partial charge in [-0.15, -0.1) is 0 Å². The highest BCUT2D eigenvalue weighted by Gasteiger charge is 2.21. The molecule has 2 aromatic rings. The summed E-state index contributed by atoms with van der Waals surface area (Å²) in [7, 11) is 0. The topological polar surface area (TPSA) is 55.5 Å². The third-order valence-electron chi connectivity index (χ3n) is 3.08. The van der Waals surface area contributed by atoms with Gasteiger partial charge in [-0.2, -0.15) is 11.3 Å². The number of hydrogen-bond acceptors (Lipinski definition) is 4. The molecule has 0 aliphatic carbocycles. The van der Waals surface area contributed by atoms with Gasteiger partial charge in [0.1, 0.15) is 11.9 Å². The Morgan fingerprint density at radius 1 is 1.37 bits per heavy atom. The van der Waals surface area contributed by atoms with Crippen molar-refractivity contribution in [2.75, 3.05) is 0 Å². The van der Waals surface area contributed by atoms with Gasteiger partial charge < -0.3 is 15.6 Å². The molecule has 0 fully saturated rings. The maximum absolute atomic E-state index is 9.16. The van der Waals surface area contributed by atoms with Crippen LogP contribution < -0.4 is 10.5 Å². The van der Waals surface area contributed by atoms with Gasteiger partial charge in [0.2, 0.25) is 0 Å². The molecule has 0 amide bonds. The highest BCUT2D eigenvalue weighted by Crippen LogP contribution is 2.27. The SMILES string of the molecule is CCC(N)C(Oc1cccc(CO)c1)c1ccsc1. The van der Waals surface area contributed by atoms with Gasteiger partial charge in [0.25, 0.3) is 0 Å². The lowest BCUT2D eigenvalue weighted by Gasteiger charge is -2.24. The Labute approximate surface area is 117 Å². The van der Waals surface area contributed by atoms with Crippen LogP contribution in [-0.4, -0.2) is 11.1 Å². The van der Waals surface area contributed by atoms with Crippen LogP contribution in [0.3, 0.4) is 0 Å². The third-order valence-corrected chi connectivity index (χ3v) is 3.78. The van der Waals surface area contributed by atoms with Crippen LogP contribution in [0.2, 0.25) is 0 Å². The molecule has 4 heteroatoms. The molecule has 0 radical (unpaired) electrons. The zero-order chi connectivity index (χ0) is 13.7. The molecule has 2 atom stereocenters. The summed E-state index contributed by atoms with van der Waals surface area (Å²) >= 11 is 1.64. The van der Waals surface area contributed by atoms with Crippen molar-refractivity contribution in [3.63, 3.8) is 0 Å². The molecule has 1 aromatic heterocycles. The van der Waals surface area contributed by atoms with Crippen LogP contribution in [0.15, 0.2) is 41.1 Å². The van der Waals surface area contributed by atoms with Gasteiger partial charge in [-0.3, -0.25) is 0 Å². The summed E-state index contributed by atoms with van der Waals surface area (Å²) in [6, 6.07) is 9.48. The highest BCUT2D eigenvalue weighted by atomic mass is 32.1. The second-order valence-corrected chi connectivity index (χ2v) is 5.25. The predicted molar refractivity (Wildman–Crippen MR) is 78.3 cm³/mol. The van der Waals surface area contributed by atoms with Gasteiger partial charge in [-0.1, -0.05) is 19.1 Å². The normalized spacial score (nSPS) is 14.1. The lowest BCUT2D eigenvalue weighted by atomic mass is 10.0. The fourth-order valence-corrected chi connectivity index (χ4v) is 2.60. The lowest BCUT2D eigenvalue weighted by Crippen LogP contribution is -2.31. The van der Waals surface area contributed by atoms with Crippen molar-refractivity contribution in [3.05, 3.63) is 52.2 Å². The number of nitrogens with two attached hydrogens (primary N) is 1. The molecule has 0 aliphatic rings. The Morgan fingerprint density at radius 2 is 2.21 bits per heavy atom. The molecule has 0 saturated heterocycles. The van der Waals surface area contributed by atoms with Crippen LogP contribution in [0.1, 0.15) is 30.6 Å². The first-order chi connectivity index (χ1) is 9.24. The van der Waals surface area contributed by atoms with Crippen LogP contribution in [0, 0.1) is 0 Å². The Balaban J connectivity index is 2.20. The van der Waals surface area contributed by atoms with Gasteiger partial charge in [-0.05, 0) is 40.9 Å². The van der Waals surface area contributed by atoms with Gasteiger partial charge in [-0.25, -0.2) is 0 Å². The molecule has 2 unspecified atom stereocenters. The lowest BCUT2D eigenvalue weighted by molar-refractivity contribution is 0.171. The minimum absolute atomic E-state index is 0.0140. The van der Waals surface area contributed by atoms with E-state index in [1.807, 2.05) is 35.7 Å². The standard InChI is InChI=1S/C15H19NO2S/c1-2-14(16)15(12-6-7-19-10-12)18-13-5-3-4-11(8-13)9-17/h3-8,10,14-15,17H,2,9,16H2,1H3. The fourth-order valence-electron chi connectivity index (χ4n) is 1.92. The summed E-state index contributed by atoms with van der Waals surface area (Å²) in [5, 5.41) is 13.2. The molecule has 3 nitrogen and oxygen atoms in total. The summed E-state index contributed by atoms with van der Waals surface area (Å²) in [5.74, 6) is 0.742. The van der Waals surface area contributed by atoms with E-state index in [0.717, 1.165) is 23.3 Å². The Kier molecular flexibility index (Phi) is 4.96. The quantitative estimate of drug-likeness (QED) is 0.853. The molecule has 1 heterocycles. The van der Waals surface area contributed by atoms with Crippen molar-refractivity contribution < 1.29 is 9.84 Å². The summed E-state index contributed by atoms with van der Waals surface area (Å²) in [5.41, 5.74) is 8.10. The minimum Gasteiger partial charge on any atom is -0.484 e. The summed E-state index contributed by atoms with van der Waals surface area (Å²) in [4.78, 5) is 0. The van der Waals surface area contributed by atoms with Gasteiger partial charge in [0, 0.05) is 11.6 Å². The number of aliphatic hydroxyl groups is 1. The average molecular weight is 277 g/mol. The second-order valence-electron chi connectivity index (χ2n) is 4.47. The Hall–Kier alpha value is -1.36. The maximum Gasteiger partial charge on any atom is 0.140 e. The largest absolute Gasteiger partial charge is 0.484 e. The Bertz CT molecular complexity index is 499. The van der Waals surface area contributed by atoms with Crippen molar-refractivity contribution in [2.45, 2.75) is 32.1 Å². The van der Waals surface area contributed by atoms with Crippen molar-refractivity contribution in [3.8, 4) is 5.75 Å². The number of hydrogen-bond donors (Lipinski definition) is 2. The van der Waals surface area contributed by atoms with E-state index in [1.165, 1.54) is 0 Å². The molecule has 0 spiro atoms. The molecule has 19 heavy (non-hydrogen) atoms. The van der Waals surface area contributed by atoms with Gasteiger partial charge in [0.05, 0.1) is 6.61 Å². The smallest absolute Gasteiger partial charge is 0.140 e. The molecule has 0 bridgehead atoms. The van der Waals surface area contributed by atoms with E-state index in [2.05, 4.69) is 12.3 Å². The Morgan fingerprint density at radius 3 is 2.84 bits per heavy atom. The van der Waals surface area contributed by atoms with E-state index < -0.39 is 0 Å². The van der Waals surface area contributed by atoms with Crippen LogP contribution >= 0.6 is 11.3 Å².